The van der Waals surface area contributed by atoms with Gasteiger partial charge >= 0.3 is 6.09 Å². The first-order chi connectivity index (χ1) is 12.8. The van der Waals surface area contributed by atoms with Crippen molar-refractivity contribution in [3.05, 3.63) is 17.7 Å². The summed E-state index contributed by atoms with van der Waals surface area (Å²) in [4.78, 5) is 32.1. The molecular weight excluding hydrogens is 344 g/mol. The van der Waals surface area contributed by atoms with Crippen molar-refractivity contribution in [2.24, 2.45) is 5.92 Å². The average Bonchev–Trinajstić information content (AvgIpc) is 3.07. The maximum Gasteiger partial charge on any atom is 0.407 e. The number of nitrogens with zero attached hydrogens (tertiary/aromatic N) is 2. The Labute approximate surface area is 166 Å². The molecule has 0 aliphatic heterocycles. The van der Waals surface area contributed by atoms with Crippen molar-refractivity contribution in [2.75, 3.05) is 20.2 Å². The maximum atomic E-state index is 12.1. The molecule has 0 atom stereocenters. The molecule has 1 aromatic rings. The smallest absolute Gasteiger partial charge is 0.407 e. The molecule has 0 aromatic carbocycles. The Kier molecular flexibility index (Phi) is 22.3. The third kappa shape index (κ3) is 17.1. The molecule has 2 amide bonds. The van der Waals surface area contributed by atoms with Crippen molar-refractivity contribution in [3.63, 3.8) is 0 Å². The highest BCUT2D eigenvalue weighted by Crippen LogP contribution is 2.05. The van der Waals surface area contributed by atoms with Crippen LogP contribution in [0.3, 0.4) is 0 Å². The lowest BCUT2D eigenvalue weighted by atomic mass is 10.2. The van der Waals surface area contributed by atoms with Gasteiger partial charge in [-0.25, -0.2) is 9.78 Å². The average molecular weight is 387 g/mol. The second-order valence-electron chi connectivity index (χ2n) is 5.73. The molecule has 1 heterocycles. The lowest BCUT2D eigenvalue weighted by molar-refractivity contribution is -0.131. The number of aromatic nitrogens is 2. The Morgan fingerprint density at radius 3 is 2.11 bits per heavy atom. The molecule has 27 heavy (non-hydrogen) atoms. The van der Waals surface area contributed by atoms with Crippen LogP contribution in [0.5, 0.6) is 0 Å². The SMILES string of the molecule is CC.CC.CCC.COC(=O)NCC(=O)N(Cc1ncc(C)[nH]1)CC(C)C. The molecule has 0 bridgehead atoms. The number of amides is 2. The molecule has 0 radical (unpaired) electrons. The summed E-state index contributed by atoms with van der Waals surface area (Å²) in [5.41, 5.74) is 0.949. The van der Waals surface area contributed by atoms with E-state index in [1.54, 1.807) is 11.1 Å². The number of ether oxygens (including phenoxy) is 1. The molecular formula is C20H42N4O3. The zero-order valence-electron chi connectivity index (χ0n) is 19.1. The molecule has 0 saturated heterocycles. The second kappa shape index (κ2) is 20.3. The van der Waals surface area contributed by atoms with E-state index in [-0.39, 0.29) is 12.5 Å². The predicted molar refractivity (Wildman–Crippen MR) is 113 cm³/mol. The third-order valence-corrected chi connectivity index (χ3v) is 2.60. The minimum atomic E-state index is -0.614. The van der Waals surface area contributed by atoms with Crippen molar-refractivity contribution < 1.29 is 14.3 Å². The third-order valence-electron chi connectivity index (χ3n) is 2.60. The van der Waals surface area contributed by atoms with Gasteiger partial charge < -0.3 is 19.9 Å². The van der Waals surface area contributed by atoms with Crippen LogP contribution in [0.25, 0.3) is 0 Å². The van der Waals surface area contributed by atoms with Gasteiger partial charge in [0.05, 0.1) is 13.7 Å². The van der Waals surface area contributed by atoms with Gasteiger partial charge in [0, 0.05) is 18.4 Å². The van der Waals surface area contributed by atoms with Crippen molar-refractivity contribution in [3.8, 4) is 0 Å². The van der Waals surface area contributed by atoms with E-state index < -0.39 is 6.09 Å². The summed E-state index contributed by atoms with van der Waals surface area (Å²) in [6.07, 6.45) is 2.36. The lowest BCUT2D eigenvalue weighted by Gasteiger charge is -2.23. The van der Waals surface area contributed by atoms with Crippen LogP contribution < -0.4 is 5.32 Å². The molecule has 160 valence electrons. The standard InChI is InChI=1S/C13H22N4O3.C3H8.2C2H6/c1-9(2)7-17(8-11-14-5-10(3)16-11)12(18)6-15-13(19)20-4;1-3-2;2*1-2/h5,9H,6-8H2,1-4H3,(H,14,16)(H,15,19);3H2,1-2H3;2*1-2H3. The number of alkyl carbamates (subject to hydrolysis) is 1. The fourth-order valence-corrected chi connectivity index (χ4v) is 1.76. The topological polar surface area (TPSA) is 87.3 Å². The van der Waals surface area contributed by atoms with E-state index in [1.807, 2.05) is 48.5 Å². The summed E-state index contributed by atoms with van der Waals surface area (Å²) in [7, 11) is 1.26. The van der Waals surface area contributed by atoms with Crippen LogP contribution in [0.1, 0.15) is 73.3 Å². The van der Waals surface area contributed by atoms with Crippen molar-refractivity contribution >= 4 is 12.0 Å². The van der Waals surface area contributed by atoms with E-state index >= 15 is 0 Å². The summed E-state index contributed by atoms with van der Waals surface area (Å²) in [5, 5.41) is 2.39. The van der Waals surface area contributed by atoms with Crippen LogP contribution in [-0.4, -0.2) is 47.1 Å². The quantitative estimate of drug-likeness (QED) is 0.752. The normalized spacial score (nSPS) is 8.85. The van der Waals surface area contributed by atoms with Gasteiger partial charge in [0.1, 0.15) is 12.4 Å². The molecule has 7 nitrogen and oxygen atoms in total. The van der Waals surface area contributed by atoms with E-state index in [4.69, 9.17) is 0 Å². The van der Waals surface area contributed by atoms with Crippen molar-refractivity contribution in [1.82, 2.24) is 20.2 Å². The number of H-pyrrole nitrogens is 1. The molecule has 7 heteroatoms. The van der Waals surface area contributed by atoms with Gasteiger partial charge in [0.15, 0.2) is 0 Å². The summed E-state index contributed by atoms with van der Waals surface area (Å²) >= 11 is 0. The minimum absolute atomic E-state index is 0.0842. The largest absolute Gasteiger partial charge is 0.453 e. The highest BCUT2D eigenvalue weighted by Gasteiger charge is 2.17. The van der Waals surface area contributed by atoms with Crippen LogP contribution in [-0.2, 0) is 16.1 Å². The summed E-state index contributed by atoms with van der Waals surface area (Å²) < 4.78 is 4.44. The first-order valence-corrected chi connectivity index (χ1v) is 9.93. The number of carbonyl (C=O) groups excluding carboxylic acids is 2. The number of hydrogen-bond donors (Lipinski definition) is 2. The first-order valence-electron chi connectivity index (χ1n) is 9.93. The van der Waals surface area contributed by atoms with Gasteiger partial charge in [-0.2, -0.15) is 0 Å². The number of aryl methyl sites for hydroxylation is 1. The van der Waals surface area contributed by atoms with Gasteiger partial charge in [-0.3, -0.25) is 4.79 Å². The zero-order valence-corrected chi connectivity index (χ0v) is 19.1. The van der Waals surface area contributed by atoms with Gasteiger partial charge in [0.2, 0.25) is 5.91 Å². The zero-order chi connectivity index (χ0) is 21.8. The monoisotopic (exact) mass is 386 g/mol. The Bertz CT molecular complexity index is 474. The summed E-state index contributed by atoms with van der Waals surface area (Å²) in [5.74, 6) is 0.890. The lowest BCUT2D eigenvalue weighted by Crippen LogP contribution is -2.41. The summed E-state index contributed by atoms with van der Waals surface area (Å²) in [6.45, 7) is 19.1. The van der Waals surface area contributed by atoms with E-state index in [0.29, 0.717) is 19.0 Å². The van der Waals surface area contributed by atoms with E-state index in [2.05, 4.69) is 33.9 Å². The minimum Gasteiger partial charge on any atom is -0.453 e. The van der Waals surface area contributed by atoms with Crippen LogP contribution in [0.4, 0.5) is 4.79 Å². The second-order valence-corrected chi connectivity index (χ2v) is 5.73. The predicted octanol–water partition coefficient (Wildman–Crippen LogP) is 4.53. The van der Waals surface area contributed by atoms with Crippen molar-refractivity contribution in [1.29, 1.82) is 0 Å². The Morgan fingerprint density at radius 1 is 1.22 bits per heavy atom. The number of methoxy groups -OCH3 is 1. The molecule has 2 N–H and O–H groups in total. The molecule has 1 aromatic heterocycles. The van der Waals surface area contributed by atoms with Crippen LogP contribution >= 0.6 is 0 Å². The van der Waals surface area contributed by atoms with Crippen molar-refractivity contribution in [2.45, 2.75) is 75.3 Å². The molecule has 0 unspecified atom stereocenters. The molecule has 0 aliphatic carbocycles. The van der Waals surface area contributed by atoms with Crippen LogP contribution in [0, 0.1) is 12.8 Å². The highest BCUT2D eigenvalue weighted by molar-refractivity contribution is 5.82. The number of hydrogen-bond acceptors (Lipinski definition) is 4. The molecule has 0 saturated carbocycles. The van der Waals surface area contributed by atoms with Gasteiger partial charge in [-0.05, 0) is 12.8 Å². The number of nitrogens with one attached hydrogen (secondary N) is 2. The van der Waals surface area contributed by atoms with E-state index in [1.165, 1.54) is 13.5 Å². The molecule has 1 rings (SSSR count). The number of carbonyl (C=O) groups is 2. The van der Waals surface area contributed by atoms with Gasteiger partial charge in [0.25, 0.3) is 0 Å². The van der Waals surface area contributed by atoms with Crippen LogP contribution in [0.15, 0.2) is 6.20 Å². The fourth-order valence-electron chi connectivity index (χ4n) is 1.76. The Morgan fingerprint density at radius 2 is 1.74 bits per heavy atom. The van der Waals surface area contributed by atoms with Gasteiger partial charge in [-0.15, -0.1) is 0 Å². The van der Waals surface area contributed by atoms with E-state index in [0.717, 1.165) is 11.5 Å². The fraction of sp³-hybridized carbons (Fsp3) is 0.750. The molecule has 0 fully saturated rings. The number of aromatic amines is 1. The Balaban J connectivity index is -0.000000725. The Hall–Kier alpha value is -2.05. The highest BCUT2D eigenvalue weighted by atomic mass is 16.5. The maximum absolute atomic E-state index is 12.1. The van der Waals surface area contributed by atoms with Gasteiger partial charge in [-0.1, -0.05) is 61.8 Å². The first kappa shape index (κ1) is 29.7. The van der Waals surface area contributed by atoms with E-state index in [9.17, 15) is 9.59 Å². The summed E-state index contributed by atoms with van der Waals surface area (Å²) in [6, 6.07) is 0. The molecule has 0 aliphatic rings. The molecule has 0 spiro atoms. The van der Waals surface area contributed by atoms with Crippen LogP contribution in [0.2, 0.25) is 0 Å². The number of rotatable bonds is 6. The number of imidazole rings is 1.